The molecule has 3 aliphatic carbocycles. The number of carbonyl (C=O) groups is 2. The van der Waals surface area contributed by atoms with Crippen LogP contribution in [0.4, 0.5) is 0 Å². The number of allylic oxidation sites excluding steroid dienone is 1. The first kappa shape index (κ1) is 48.2. The van der Waals surface area contributed by atoms with Gasteiger partial charge in [0.2, 0.25) is 0 Å². The molecule has 0 radical (unpaired) electrons. The Kier molecular flexibility index (Phi) is 14.2. The summed E-state index contributed by atoms with van der Waals surface area (Å²) in [6, 6.07) is 35.0. The fourth-order valence-corrected chi connectivity index (χ4v) is 12.4. The van der Waals surface area contributed by atoms with Gasteiger partial charge in [0.05, 0.1) is 20.6 Å². The number of nitrogens with one attached hydrogen (secondary N) is 1. The van der Waals surface area contributed by atoms with Gasteiger partial charge >= 0.3 is 11.9 Å². The molecule has 0 aromatic heterocycles. The van der Waals surface area contributed by atoms with Crippen LogP contribution in [0.5, 0.6) is 28.7 Å². The number of methoxy groups -OCH3 is 2. The van der Waals surface area contributed by atoms with Crippen LogP contribution < -0.4 is 14.8 Å². The number of rotatable bonds is 14. The van der Waals surface area contributed by atoms with E-state index in [1.54, 1.807) is 18.2 Å². The van der Waals surface area contributed by atoms with Crippen molar-refractivity contribution in [1.82, 2.24) is 5.32 Å². The number of aliphatic hydroxyl groups excluding tert-OH is 1. The molecule has 0 saturated heterocycles. The lowest BCUT2D eigenvalue weighted by atomic mass is 9.47. The van der Waals surface area contributed by atoms with E-state index in [1.165, 1.54) is 21.1 Å². The van der Waals surface area contributed by atoms with Crippen LogP contribution in [0.25, 0.3) is 28.0 Å². The van der Waals surface area contributed by atoms with Crippen molar-refractivity contribution in [3.63, 3.8) is 0 Å². The Morgan fingerprint density at radius 3 is 2.30 bits per heavy atom. The number of phenolic OH excluding ortho intramolecular Hbond substituents is 3. The standard InChI is InChI=1S/C59H63NO10/c1-35(62)69-54-31-46(70-57(66)22-37-15-16-40-24-45(63)29-48(47(40)21-37)39-13-8-12-38(20-39)34-60-2)30-50-49-32-56(68-4)52(64)26-43(49)23-41(14-9-19-61)58(50)59(18-17-36-10-6-5-7-11-36)33-44-27-53(65)55(67-3)28-42(44)25-51(54)59/h5-8,10-13,15-18,20-21,24,26-29,32,41,46,50-51,54,58,60-61,63-65H,9,14,19,22-23,25,30-31,33-34H2,1-4H3. The fraction of sp³-hybridized carbons (Fsp3) is 0.356. The van der Waals surface area contributed by atoms with Gasteiger partial charge in [-0.3, -0.25) is 9.59 Å². The lowest BCUT2D eigenvalue weighted by Gasteiger charge is -2.58. The summed E-state index contributed by atoms with van der Waals surface area (Å²) in [4.78, 5) is 28.0. The third-order valence-electron chi connectivity index (χ3n) is 15.2. The second-order valence-corrected chi connectivity index (χ2v) is 19.5. The molecular weight excluding hydrogens is 883 g/mol. The molecule has 7 unspecified atom stereocenters. The van der Waals surface area contributed by atoms with Crippen LogP contribution >= 0.6 is 0 Å². The molecule has 0 aliphatic heterocycles. The van der Waals surface area contributed by atoms with E-state index in [4.69, 9.17) is 18.9 Å². The van der Waals surface area contributed by atoms with E-state index < -0.39 is 29.6 Å². The Balaban J connectivity index is 1.17. The minimum Gasteiger partial charge on any atom is -0.508 e. The molecule has 0 heterocycles. The summed E-state index contributed by atoms with van der Waals surface area (Å²) in [6.07, 6.45) is 6.43. The van der Waals surface area contributed by atoms with Gasteiger partial charge in [0.15, 0.2) is 23.0 Å². The maximum absolute atomic E-state index is 14.6. The number of aromatic hydroxyl groups is 3. The number of aliphatic hydroxyl groups is 1. The second-order valence-electron chi connectivity index (χ2n) is 19.5. The Morgan fingerprint density at radius 2 is 1.56 bits per heavy atom. The summed E-state index contributed by atoms with van der Waals surface area (Å²) in [6.45, 7) is 2.11. The van der Waals surface area contributed by atoms with Gasteiger partial charge in [0, 0.05) is 37.8 Å². The molecule has 0 bridgehead atoms. The van der Waals surface area contributed by atoms with Crippen molar-refractivity contribution in [2.45, 2.75) is 83.0 Å². The molecule has 0 spiro atoms. The van der Waals surface area contributed by atoms with E-state index >= 15 is 0 Å². The van der Waals surface area contributed by atoms with Crippen LogP contribution in [0.3, 0.4) is 0 Å². The summed E-state index contributed by atoms with van der Waals surface area (Å²) >= 11 is 0. The molecule has 1 fully saturated rings. The average molecular weight is 946 g/mol. The van der Waals surface area contributed by atoms with Gasteiger partial charge in [-0.2, -0.15) is 0 Å². The second kappa shape index (κ2) is 20.6. The van der Waals surface area contributed by atoms with Crippen LogP contribution in [-0.2, 0) is 51.3 Å². The molecule has 9 rings (SSSR count). The first-order valence-corrected chi connectivity index (χ1v) is 24.4. The first-order valence-electron chi connectivity index (χ1n) is 24.4. The molecule has 6 aromatic carbocycles. The Bertz CT molecular complexity index is 2910. The summed E-state index contributed by atoms with van der Waals surface area (Å²) in [5, 5.41) is 48.6. The average Bonchev–Trinajstić information content (AvgIpc) is 3.34. The highest BCUT2D eigenvalue weighted by atomic mass is 16.6. The van der Waals surface area contributed by atoms with Crippen molar-refractivity contribution in [1.29, 1.82) is 0 Å². The van der Waals surface area contributed by atoms with Crippen LogP contribution in [0, 0.1) is 23.2 Å². The summed E-state index contributed by atoms with van der Waals surface area (Å²) in [5.41, 5.74) is 7.82. The highest BCUT2D eigenvalue weighted by Gasteiger charge is 2.58. The van der Waals surface area contributed by atoms with Gasteiger partial charge in [-0.1, -0.05) is 72.8 Å². The van der Waals surface area contributed by atoms with E-state index in [1.807, 2.05) is 73.8 Å². The lowest BCUT2D eigenvalue weighted by Crippen LogP contribution is -2.56. The van der Waals surface area contributed by atoms with Crippen LogP contribution in [0.15, 0.2) is 115 Å². The third-order valence-corrected chi connectivity index (χ3v) is 15.2. The number of fused-ring (bicyclic) bond motifs is 7. The number of hydrogen-bond acceptors (Lipinski definition) is 11. The molecule has 11 nitrogen and oxygen atoms in total. The van der Waals surface area contributed by atoms with Crippen molar-refractivity contribution >= 4 is 28.8 Å². The molecule has 3 aliphatic rings. The SMILES string of the molecule is CNCc1cccc(-c2cc(O)cc3ccc(CC(=O)OC4CC(OC(C)=O)C5Cc6cc(OC)c(O)cc6CC5(C=Cc5ccccc5)C5C(CCCO)Cc6cc(O)c(OC)cc6C5C4)cc23)c1. The predicted molar refractivity (Wildman–Crippen MR) is 270 cm³/mol. The van der Waals surface area contributed by atoms with E-state index in [0.29, 0.717) is 56.6 Å². The zero-order valence-corrected chi connectivity index (χ0v) is 40.3. The van der Waals surface area contributed by atoms with Gasteiger partial charge < -0.3 is 44.7 Å². The minimum atomic E-state index is -0.712. The minimum absolute atomic E-state index is 0.00213. The number of esters is 2. The third kappa shape index (κ3) is 9.82. The van der Waals surface area contributed by atoms with Gasteiger partial charge in [0.1, 0.15) is 18.0 Å². The number of hydrogen-bond donors (Lipinski definition) is 5. The molecule has 364 valence electrons. The maximum atomic E-state index is 14.6. The first-order chi connectivity index (χ1) is 33.9. The highest BCUT2D eigenvalue weighted by molar-refractivity contribution is 5.98. The van der Waals surface area contributed by atoms with E-state index in [9.17, 15) is 30.0 Å². The molecule has 5 N–H and O–H groups in total. The molecule has 11 heteroatoms. The molecular formula is C59H63NO10. The zero-order valence-electron chi connectivity index (χ0n) is 40.3. The summed E-state index contributed by atoms with van der Waals surface area (Å²) < 4.78 is 24.6. The molecule has 1 saturated carbocycles. The monoisotopic (exact) mass is 945 g/mol. The smallest absolute Gasteiger partial charge is 0.310 e. The van der Waals surface area contributed by atoms with Crippen LogP contribution in [-0.4, -0.2) is 72.4 Å². The summed E-state index contributed by atoms with van der Waals surface area (Å²) in [5.74, 6) is -0.769. The highest BCUT2D eigenvalue weighted by Crippen LogP contribution is 2.62. The molecule has 0 amide bonds. The Morgan fingerprint density at radius 1 is 0.786 bits per heavy atom. The Hall–Kier alpha value is -6.82. The largest absolute Gasteiger partial charge is 0.508 e. The van der Waals surface area contributed by atoms with Crippen molar-refractivity contribution in [2.24, 2.45) is 23.2 Å². The zero-order chi connectivity index (χ0) is 49.1. The van der Waals surface area contributed by atoms with E-state index in [0.717, 1.165) is 60.8 Å². The number of benzene rings is 6. The topological polar surface area (TPSA) is 164 Å². The van der Waals surface area contributed by atoms with Crippen molar-refractivity contribution in [3.05, 3.63) is 154 Å². The van der Waals surface area contributed by atoms with Gasteiger partial charge in [-0.05, 0) is 173 Å². The van der Waals surface area contributed by atoms with Gasteiger partial charge in [0.25, 0.3) is 0 Å². The molecule has 70 heavy (non-hydrogen) atoms. The Labute approximate surface area is 409 Å². The number of ether oxygens (including phenoxy) is 4. The van der Waals surface area contributed by atoms with Gasteiger partial charge in [-0.15, -0.1) is 0 Å². The van der Waals surface area contributed by atoms with Crippen molar-refractivity contribution in [3.8, 4) is 39.9 Å². The van der Waals surface area contributed by atoms with Crippen molar-refractivity contribution in [2.75, 3.05) is 27.9 Å². The summed E-state index contributed by atoms with van der Waals surface area (Å²) in [7, 11) is 4.97. The number of carbonyl (C=O) groups excluding carboxylic acids is 2. The van der Waals surface area contributed by atoms with E-state index in [2.05, 4.69) is 41.7 Å². The lowest BCUT2D eigenvalue weighted by molar-refractivity contribution is -0.165. The normalized spacial score (nSPS) is 22.7. The van der Waals surface area contributed by atoms with Crippen molar-refractivity contribution < 1.29 is 49.0 Å². The van der Waals surface area contributed by atoms with Crippen LogP contribution in [0.1, 0.15) is 77.5 Å². The predicted octanol–water partition coefficient (Wildman–Crippen LogP) is 10.00. The van der Waals surface area contributed by atoms with Crippen LogP contribution in [0.2, 0.25) is 0 Å². The number of phenols is 3. The molecule has 6 aromatic rings. The maximum Gasteiger partial charge on any atom is 0.310 e. The quantitative estimate of drug-likeness (QED) is 0.0661. The molecule has 7 atom stereocenters. The van der Waals surface area contributed by atoms with Gasteiger partial charge in [-0.25, -0.2) is 0 Å². The fourth-order valence-electron chi connectivity index (χ4n) is 12.4. The van der Waals surface area contributed by atoms with E-state index in [-0.39, 0.29) is 60.4 Å².